The smallest absolute Gasteiger partial charge is 0.242 e. The average Bonchev–Trinajstić information content (AvgIpc) is 2.75. The van der Waals surface area contributed by atoms with Crippen molar-refractivity contribution in [3.63, 3.8) is 0 Å². The van der Waals surface area contributed by atoms with Gasteiger partial charge in [-0.1, -0.05) is 79.4 Å². The summed E-state index contributed by atoms with van der Waals surface area (Å²) < 4.78 is 0. The molecule has 0 bridgehead atoms. The predicted molar refractivity (Wildman–Crippen MR) is 136 cm³/mol. The van der Waals surface area contributed by atoms with Gasteiger partial charge in [0.05, 0.1) is 5.75 Å². The average molecular weight is 496 g/mol. The lowest BCUT2D eigenvalue weighted by atomic mass is 10.1. The maximum atomic E-state index is 13.3. The summed E-state index contributed by atoms with van der Waals surface area (Å²) in [6.45, 7) is 6.84. The number of amides is 2. The summed E-state index contributed by atoms with van der Waals surface area (Å²) in [7, 11) is 0. The van der Waals surface area contributed by atoms with Crippen molar-refractivity contribution < 1.29 is 9.59 Å². The molecule has 0 radical (unpaired) electrons. The van der Waals surface area contributed by atoms with Crippen LogP contribution in [0, 0.1) is 6.92 Å². The molecule has 2 aromatic carbocycles. The second-order valence-electron chi connectivity index (χ2n) is 7.77. The van der Waals surface area contributed by atoms with Gasteiger partial charge in [-0.2, -0.15) is 0 Å². The molecule has 2 rings (SSSR count). The molecular weight excluding hydrogens is 463 g/mol. The number of hydrogen-bond acceptors (Lipinski definition) is 3. The maximum Gasteiger partial charge on any atom is 0.242 e. The molecule has 0 aliphatic carbocycles. The second kappa shape index (κ2) is 13.8. The van der Waals surface area contributed by atoms with Crippen LogP contribution in [-0.2, 0) is 21.9 Å². The molecule has 174 valence electrons. The van der Waals surface area contributed by atoms with Crippen molar-refractivity contribution in [3.8, 4) is 0 Å². The first-order chi connectivity index (χ1) is 15.4. The van der Waals surface area contributed by atoms with Crippen molar-refractivity contribution in [3.05, 3.63) is 69.2 Å². The molecule has 1 atom stereocenters. The fourth-order valence-corrected chi connectivity index (χ4v) is 4.80. The van der Waals surface area contributed by atoms with Gasteiger partial charge in [0, 0.05) is 34.5 Å². The monoisotopic (exact) mass is 494 g/mol. The lowest BCUT2D eigenvalue weighted by molar-refractivity contribution is -0.139. The molecule has 1 unspecified atom stereocenters. The zero-order valence-electron chi connectivity index (χ0n) is 19.0. The molecule has 0 saturated heterocycles. The third-order valence-electron chi connectivity index (χ3n) is 5.18. The number of thioether (sulfide) groups is 1. The van der Waals surface area contributed by atoms with Crippen LogP contribution in [0.3, 0.4) is 0 Å². The summed E-state index contributed by atoms with van der Waals surface area (Å²) in [6.07, 6.45) is 2.40. The molecule has 0 aliphatic rings. The Morgan fingerprint density at radius 1 is 1.09 bits per heavy atom. The number of benzene rings is 2. The molecule has 4 nitrogen and oxygen atoms in total. The van der Waals surface area contributed by atoms with Crippen LogP contribution in [-0.4, -0.2) is 35.1 Å². The molecule has 32 heavy (non-hydrogen) atoms. The van der Waals surface area contributed by atoms with Crippen molar-refractivity contribution in [1.29, 1.82) is 0 Å². The first kappa shape index (κ1) is 26.6. The van der Waals surface area contributed by atoms with Crippen LogP contribution in [0.1, 0.15) is 49.8 Å². The predicted octanol–water partition coefficient (Wildman–Crippen LogP) is 6.26. The Kier molecular flexibility index (Phi) is 11.4. The fourth-order valence-electron chi connectivity index (χ4n) is 3.42. The highest BCUT2D eigenvalue weighted by Crippen LogP contribution is 2.27. The van der Waals surface area contributed by atoms with Gasteiger partial charge in [0.1, 0.15) is 6.04 Å². The van der Waals surface area contributed by atoms with Crippen LogP contribution < -0.4 is 5.32 Å². The summed E-state index contributed by atoms with van der Waals surface area (Å²) >= 11 is 14.3. The summed E-state index contributed by atoms with van der Waals surface area (Å²) in [5, 5.41) is 3.95. The highest BCUT2D eigenvalue weighted by atomic mass is 35.5. The minimum atomic E-state index is -0.578. The number of halogens is 2. The van der Waals surface area contributed by atoms with Gasteiger partial charge in [-0.15, -0.1) is 11.8 Å². The summed E-state index contributed by atoms with van der Waals surface area (Å²) in [5.41, 5.74) is 3.03. The molecule has 0 fully saturated rings. The summed E-state index contributed by atoms with van der Waals surface area (Å²) in [6, 6.07) is 12.9. The van der Waals surface area contributed by atoms with Crippen LogP contribution in [0.2, 0.25) is 10.0 Å². The van der Waals surface area contributed by atoms with Crippen LogP contribution in [0.25, 0.3) is 0 Å². The lowest BCUT2D eigenvalue weighted by Gasteiger charge is -2.31. The summed E-state index contributed by atoms with van der Waals surface area (Å²) in [4.78, 5) is 27.8. The van der Waals surface area contributed by atoms with Crippen molar-refractivity contribution in [2.45, 2.75) is 58.4 Å². The lowest BCUT2D eigenvalue weighted by Crippen LogP contribution is -2.49. The number of aryl methyl sites for hydroxylation is 1. The number of nitrogens with zero attached hydrogens (tertiary/aromatic N) is 1. The molecule has 1 N–H and O–H groups in total. The SMILES string of the molecule is CCCCNC(=O)C(CC)N(Cc1c(Cl)cccc1Cl)C(=O)CSCc1cccc(C)c1. The van der Waals surface area contributed by atoms with E-state index in [2.05, 4.69) is 37.4 Å². The van der Waals surface area contributed by atoms with E-state index in [1.54, 1.807) is 34.9 Å². The molecular formula is C25H32Cl2N2O2S. The van der Waals surface area contributed by atoms with E-state index >= 15 is 0 Å². The third kappa shape index (κ3) is 8.02. The fraction of sp³-hybridized carbons (Fsp3) is 0.440. The van der Waals surface area contributed by atoms with E-state index < -0.39 is 6.04 Å². The van der Waals surface area contributed by atoms with Crippen LogP contribution >= 0.6 is 35.0 Å². The highest BCUT2D eigenvalue weighted by molar-refractivity contribution is 7.99. The van der Waals surface area contributed by atoms with Gasteiger partial charge < -0.3 is 10.2 Å². The van der Waals surface area contributed by atoms with Gasteiger partial charge in [-0.05, 0) is 37.5 Å². The Bertz CT molecular complexity index is 887. The van der Waals surface area contributed by atoms with Crippen molar-refractivity contribution in [1.82, 2.24) is 10.2 Å². The zero-order chi connectivity index (χ0) is 23.5. The zero-order valence-corrected chi connectivity index (χ0v) is 21.3. The Hall–Kier alpha value is -1.69. The maximum absolute atomic E-state index is 13.3. The summed E-state index contributed by atoms with van der Waals surface area (Å²) in [5.74, 6) is 0.764. The number of carbonyl (C=O) groups excluding carboxylic acids is 2. The van der Waals surface area contributed by atoms with Gasteiger partial charge in [0.15, 0.2) is 0 Å². The van der Waals surface area contributed by atoms with Gasteiger partial charge >= 0.3 is 0 Å². The molecule has 2 amide bonds. The standard InChI is InChI=1S/C25H32Cl2N2O2S/c1-4-6-13-28-25(31)23(5-2)29(15-20-21(26)11-8-12-22(20)27)24(30)17-32-16-19-10-7-9-18(3)14-19/h7-12,14,23H,4-6,13,15-17H2,1-3H3,(H,28,31). The van der Waals surface area contributed by atoms with E-state index in [-0.39, 0.29) is 24.1 Å². The van der Waals surface area contributed by atoms with Gasteiger partial charge in [-0.3, -0.25) is 9.59 Å². The molecule has 0 saturated carbocycles. The topological polar surface area (TPSA) is 49.4 Å². The van der Waals surface area contributed by atoms with Gasteiger partial charge in [0.2, 0.25) is 11.8 Å². The number of rotatable bonds is 12. The first-order valence-corrected chi connectivity index (χ1v) is 12.9. The Labute approximate surface area is 206 Å². The van der Waals surface area contributed by atoms with E-state index in [1.807, 2.05) is 13.0 Å². The third-order valence-corrected chi connectivity index (χ3v) is 6.88. The Balaban J connectivity index is 2.17. The molecule has 0 spiro atoms. The van der Waals surface area contributed by atoms with Crippen LogP contribution in [0.15, 0.2) is 42.5 Å². The molecule has 0 heterocycles. The first-order valence-electron chi connectivity index (χ1n) is 11.0. The van der Waals surface area contributed by atoms with E-state index in [9.17, 15) is 9.59 Å². The Morgan fingerprint density at radius 3 is 2.41 bits per heavy atom. The van der Waals surface area contributed by atoms with E-state index in [0.717, 1.165) is 18.6 Å². The van der Waals surface area contributed by atoms with E-state index in [1.165, 1.54) is 11.1 Å². The quantitative estimate of drug-likeness (QED) is 0.354. The Morgan fingerprint density at radius 2 is 1.78 bits per heavy atom. The largest absolute Gasteiger partial charge is 0.354 e. The van der Waals surface area contributed by atoms with E-state index in [0.29, 0.717) is 28.6 Å². The number of unbranched alkanes of at least 4 members (excludes halogenated alkanes) is 1. The van der Waals surface area contributed by atoms with Gasteiger partial charge in [0.25, 0.3) is 0 Å². The normalized spacial score (nSPS) is 11.8. The van der Waals surface area contributed by atoms with E-state index in [4.69, 9.17) is 23.2 Å². The minimum Gasteiger partial charge on any atom is -0.354 e. The number of carbonyl (C=O) groups is 2. The van der Waals surface area contributed by atoms with Crippen LogP contribution in [0.5, 0.6) is 0 Å². The number of nitrogens with one attached hydrogen (secondary N) is 1. The minimum absolute atomic E-state index is 0.101. The van der Waals surface area contributed by atoms with Gasteiger partial charge in [-0.25, -0.2) is 0 Å². The van der Waals surface area contributed by atoms with Crippen LogP contribution in [0.4, 0.5) is 0 Å². The van der Waals surface area contributed by atoms with Crippen molar-refractivity contribution in [2.75, 3.05) is 12.3 Å². The highest BCUT2D eigenvalue weighted by Gasteiger charge is 2.29. The molecule has 7 heteroatoms. The molecule has 0 aliphatic heterocycles. The van der Waals surface area contributed by atoms with Crippen molar-refractivity contribution >= 4 is 46.8 Å². The van der Waals surface area contributed by atoms with Crippen molar-refractivity contribution in [2.24, 2.45) is 0 Å². The second-order valence-corrected chi connectivity index (χ2v) is 9.57. The number of hydrogen-bond donors (Lipinski definition) is 1. The molecule has 0 aromatic heterocycles. The molecule has 2 aromatic rings.